The number of unbranched alkanes of at least 4 members (excludes halogenated alkanes) is 1. The summed E-state index contributed by atoms with van der Waals surface area (Å²) in [4.78, 5) is 29.4. The first-order valence-corrected chi connectivity index (χ1v) is 26.3. The van der Waals surface area contributed by atoms with Gasteiger partial charge in [0.1, 0.15) is 46.3 Å². The summed E-state index contributed by atoms with van der Waals surface area (Å²) in [6.07, 6.45) is 0.0397. The molecular weight excluding hydrogens is 931 g/mol. The number of methoxy groups -OCH3 is 2. The summed E-state index contributed by atoms with van der Waals surface area (Å²) >= 11 is 0. The Bertz CT molecular complexity index is 2760. The predicted octanol–water partition coefficient (Wildman–Crippen LogP) is 10.2. The molecule has 5 aromatic rings. The summed E-state index contributed by atoms with van der Waals surface area (Å²) in [5.41, 5.74) is -0.0389. The van der Waals surface area contributed by atoms with Crippen molar-refractivity contribution >= 4 is 16.1 Å². The van der Waals surface area contributed by atoms with Gasteiger partial charge in [-0.15, -0.1) is 0 Å². The zero-order valence-electron chi connectivity index (χ0n) is 41.0. The Morgan fingerprint density at radius 3 is 2.11 bits per heavy atom. The van der Waals surface area contributed by atoms with Crippen molar-refractivity contribution in [2.45, 2.75) is 109 Å². The van der Waals surface area contributed by atoms with Gasteiger partial charge in [-0.05, 0) is 95.0 Å². The largest absolute Gasteiger partial charge is 0.497 e. The van der Waals surface area contributed by atoms with Crippen LogP contribution in [0.2, 0.25) is 0 Å². The Labute approximate surface area is 411 Å². The Morgan fingerprint density at radius 2 is 1.50 bits per heavy atom. The van der Waals surface area contributed by atoms with Gasteiger partial charge in [0.2, 0.25) is 0 Å². The van der Waals surface area contributed by atoms with Crippen molar-refractivity contribution in [1.82, 2.24) is 14.2 Å². The molecule has 1 fully saturated rings. The molecule has 2 aliphatic rings. The standard InChI is InChI=1S/C53H62N4O11P2/c1-37(2)57(38(3)4)69(64-32-17-31-54)66-47-34-49(56-35-39(50(58)55-51(56)59)18-11-10-16-33-70(60)67-46-22-15-14-21-45(46)52(5,6)68-70)65-48(47)36-63-53(40-19-12-9-13-20-40,41-23-27-43(61-7)28-24-41)42-25-29-44(62-8)30-26-42/h9,12-15,19-30,35,37-38,47-49H,10,16-17,32-34,36H2,1-8H3,(H,55,58,59). The number of nitrogens with zero attached hydrogens (tertiary/aromatic N) is 3. The number of H-pyrrole nitrogens is 1. The van der Waals surface area contributed by atoms with E-state index in [4.69, 9.17) is 37.0 Å². The topological polar surface area (TPSA) is 173 Å². The maximum Gasteiger partial charge on any atom is 0.380 e. The summed E-state index contributed by atoms with van der Waals surface area (Å²) in [6, 6.07) is 34.8. The van der Waals surface area contributed by atoms with Crippen LogP contribution in [0.1, 0.15) is 101 Å². The predicted molar refractivity (Wildman–Crippen MR) is 268 cm³/mol. The molecule has 15 nitrogen and oxygen atoms in total. The molecule has 3 heterocycles. The molecule has 0 amide bonds. The second kappa shape index (κ2) is 23.1. The van der Waals surface area contributed by atoms with Gasteiger partial charge < -0.3 is 32.5 Å². The molecule has 2 aliphatic heterocycles. The van der Waals surface area contributed by atoms with E-state index in [9.17, 15) is 19.4 Å². The maximum atomic E-state index is 13.7. The van der Waals surface area contributed by atoms with E-state index in [0.29, 0.717) is 23.7 Å². The van der Waals surface area contributed by atoms with Gasteiger partial charge in [0, 0.05) is 36.7 Å². The number of ether oxygens (including phenoxy) is 4. The van der Waals surface area contributed by atoms with E-state index in [-0.39, 0.29) is 56.3 Å². The highest BCUT2D eigenvalue weighted by atomic mass is 31.2. The summed E-state index contributed by atoms with van der Waals surface area (Å²) in [5.74, 6) is 7.81. The third-order valence-corrected chi connectivity index (χ3v) is 16.3. The van der Waals surface area contributed by atoms with Crippen LogP contribution in [-0.2, 0) is 38.8 Å². The number of fused-ring (bicyclic) bond motifs is 1. The van der Waals surface area contributed by atoms with Crippen molar-refractivity contribution in [1.29, 1.82) is 5.26 Å². The number of benzene rings is 4. The van der Waals surface area contributed by atoms with Crippen molar-refractivity contribution in [3.05, 3.63) is 158 Å². The van der Waals surface area contributed by atoms with Crippen molar-refractivity contribution in [3.8, 4) is 35.2 Å². The number of nitriles is 1. The van der Waals surface area contributed by atoms with Crippen LogP contribution < -0.4 is 25.2 Å². The Morgan fingerprint density at radius 1 is 0.886 bits per heavy atom. The van der Waals surface area contributed by atoms with Gasteiger partial charge in [0.25, 0.3) is 14.1 Å². The lowest BCUT2D eigenvalue weighted by Crippen LogP contribution is -2.39. The summed E-state index contributed by atoms with van der Waals surface area (Å²) in [7, 11) is -2.03. The molecule has 0 saturated carbocycles. The van der Waals surface area contributed by atoms with Gasteiger partial charge in [-0.2, -0.15) is 5.26 Å². The molecule has 70 heavy (non-hydrogen) atoms. The minimum absolute atomic E-state index is 0.00664. The quantitative estimate of drug-likeness (QED) is 0.0338. The molecule has 1 saturated heterocycles. The van der Waals surface area contributed by atoms with E-state index in [0.717, 1.165) is 22.3 Å². The van der Waals surface area contributed by atoms with Gasteiger partial charge in [0.15, 0.2) is 0 Å². The molecule has 0 bridgehead atoms. The molecule has 4 aromatic carbocycles. The summed E-state index contributed by atoms with van der Waals surface area (Å²) in [5, 5.41) is 9.45. The number of aromatic nitrogens is 2. The van der Waals surface area contributed by atoms with Gasteiger partial charge >= 0.3 is 13.3 Å². The van der Waals surface area contributed by atoms with E-state index in [1.165, 1.54) is 10.8 Å². The monoisotopic (exact) mass is 992 g/mol. The Balaban J connectivity index is 1.21. The van der Waals surface area contributed by atoms with E-state index < -0.39 is 57.0 Å². The van der Waals surface area contributed by atoms with Gasteiger partial charge in [0.05, 0.1) is 52.2 Å². The number of rotatable bonds is 20. The number of aromatic amines is 1. The number of nitrogens with one attached hydrogen (secondary N) is 1. The summed E-state index contributed by atoms with van der Waals surface area (Å²) < 4.78 is 67.7. The van der Waals surface area contributed by atoms with Crippen molar-refractivity contribution in [2.75, 3.05) is 33.6 Å². The van der Waals surface area contributed by atoms with Crippen LogP contribution in [-0.4, -0.2) is 72.1 Å². The van der Waals surface area contributed by atoms with Gasteiger partial charge in [-0.25, -0.2) is 14.0 Å². The van der Waals surface area contributed by atoms with Crippen molar-refractivity contribution in [2.24, 2.45) is 0 Å². The average molecular weight is 993 g/mol. The number of hydrogen-bond acceptors (Lipinski definition) is 13. The molecule has 5 atom stereocenters. The van der Waals surface area contributed by atoms with Crippen LogP contribution in [0, 0.1) is 23.2 Å². The highest BCUT2D eigenvalue weighted by Crippen LogP contribution is 2.60. The first-order valence-electron chi connectivity index (χ1n) is 23.4. The number of para-hydroxylation sites is 1. The summed E-state index contributed by atoms with van der Waals surface area (Å²) in [6.45, 7) is 12.0. The Kier molecular flexibility index (Phi) is 17.3. The van der Waals surface area contributed by atoms with Crippen LogP contribution in [0.5, 0.6) is 17.2 Å². The lowest BCUT2D eigenvalue weighted by atomic mass is 9.80. The maximum absolute atomic E-state index is 13.7. The zero-order valence-corrected chi connectivity index (χ0v) is 42.7. The number of hydrogen-bond donors (Lipinski definition) is 1. The fourth-order valence-corrected chi connectivity index (χ4v) is 12.6. The molecule has 0 aliphatic carbocycles. The fraction of sp³-hybridized carbons (Fsp3) is 0.415. The fourth-order valence-electron chi connectivity index (χ4n) is 8.83. The molecule has 17 heteroatoms. The smallest absolute Gasteiger partial charge is 0.380 e. The van der Waals surface area contributed by atoms with Crippen LogP contribution in [0.4, 0.5) is 0 Å². The first-order chi connectivity index (χ1) is 33.6. The van der Waals surface area contributed by atoms with Crippen LogP contribution in [0.15, 0.2) is 119 Å². The zero-order chi connectivity index (χ0) is 50.1. The highest BCUT2D eigenvalue weighted by Gasteiger charge is 2.46. The van der Waals surface area contributed by atoms with Crippen molar-refractivity contribution in [3.63, 3.8) is 0 Å². The van der Waals surface area contributed by atoms with Gasteiger partial charge in [-0.3, -0.25) is 18.9 Å². The normalized spacial score (nSPS) is 20.0. The molecule has 0 spiro atoms. The van der Waals surface area contributed by atoms with E-state index in [2.05, 4.69) is 55.3 Å². The van der Waals surface area contributed by atoms with E-state index in [1.54, 1.807) is 20.3 Å². The first kappa shape index (κ1) is 52.3. The van der Waals surface area contributed by atoms with Crippen molar-refractivity contribution < 1.29 is 41.6 Å². The lowest BCUT2D eigenvalue weighted by Gasteiger charge is -2.39. The second-order valence-electron chi connectivity index (χ2n) is 18.0. The molecule has 1 N–H and O–H groups in total. The minimum atomic E-state index is -3.50. The lowest BCUT2D eigenvalue weighted by molar-refractivity contribution is -0.0925. The average Bonchev–Trinajstić information content (AvgIpc) is 3.74. The molecule has 370 valence electrons. The molecular formula is C53H62N4O11P2. The highest BCUT2D eigenvalue weighted by molar-refractivity contribution is 7.54. The molecule has 7 rings (SSSR count). The van der Waals surface area contributed by atoms with Crippen LogP contribution in [0.3, 0.4) is 0 Å². The molecule has 5 unspecified atom stereocenters. The van der Waals surface area contributed by atoms with Gasteiger partial charge in [-0.1, -0.05) is 84.6 Å². The van der Waals surface area contributed by atoms with E-state index in [1.807, 2.05) is 111 Å². The Hall–Kier alpha value is -5.57. The van der Waals surface area contributed by atoms with E-state index >= 15 is 0 Å². The molecule has 0 radical (unpaired) electrons. The van der Waals surface area contributed by atoms with Crippen LogP contribution >= 0.6 is 16.1 Å². The second-order valence-corrected chi connectivity index (χ2v) is 21.4. The third kappa shape index (κ3) is 11.9. The third-order valence-electron chi connectivity index (χ3n) is 12.1. The SMILES string of the molecule is COc1ccc(C(OCC2OC(n3cc(C#CCCCP4(=O)Oc5ccccc5C(C)(C)O4)c(=O)[nH]c3=O)CC2OP(OCCC#N)N(C(C)C)C(C)C)(c2ccccc2)c2ccc(OC)cc2)cc1. The molecule has 1 aromatic heterocycles. The minimum Gasteiger partial charge on any atom is -0.497 e. The van der Waals surface area contributed by atoms with Crippen LogP contribution in [0.25, 0.3) is 0 Å².